The minimum Gasteiger partial charge on any atom is -0.508 e. The van der Waals surface area contributed by atoms with Crippen molar-refractivity contribution >= 4 is 0 Å². The van der Waals surface area contributed by atoms with E-state index in [4.69, 9.17) is 0 Å². The van der Waals surface area contributed by atoms with E-state index < -0.39 is 0 Å². The molecule has 1 aromatic carbocycles. The zero-order valence-corrected chi connectivity index (χ0v) is 12.5. The smallest absolute Gasteiger partial charge is 0.115 e. The standard InChI is InChI=1S/C18H24O3/c1-18-7-6-13-12-5-3-11(19)8-10(12)2-4-14(13)17(18)15(20)9-16(18)21/h3,5,8,13-17,19-21H,2,4,6-7,9H2,1H3/t13?,14?,15?,16?,17?,18-/m1/s1. The molecule has 1 aromatic rings. The van der Waals surface area contributed by atoms with E-state index >= 15 is 0 Å². The molecule has 3 aliphatic rings. The lowest BCUT2D eigenvalue weighted by molar-refractivity contribution is -0.0440. The number of phenolic OH excluding ortho intramolecular Hbond substituents is 1. The molecule has 3 heteroatoms. The zero-order valence-electron chi connectivity index (χ0n) is 12.5. The Kier molecular flexibility index (Phi) is 2.89. The Morgan fingerprint density at radius 3 is 2.81 bits per heavy atom. The maximum absolute atomic E-state index is 10.5. The Hall–Kier alpha value is -1.06. The van der Waals surface area contributed by atoms with Crippen LogP contribution in [-0.4, -0.2) is 27.5 Å². The van der Waals surface area contributed by atoms with Crippen molar-refractivity contribution in [2.75, 3.05) is 0 Å². The fraction of sp³-hybridized carbons (Fsp3) is 0.667. The molecule has 5 unspecified atom stereocenters. The largest absolute Gasteiger partial charge is 0.508 e. The van der Waals surface area contributed by atoms with Crippen LogP contribution >= 0.6 is 0 Å². The highest BCUT2D eigenvalue weighted by atomic mass is 16.3. The molecule has 21 heavy (non-hydrogen) atoms. The minimum atomic E-state index is -0.364. The Morgan fingerprint density at radius 2 is 2.00 bits per heavy atom. The molecule has 0 aromatic heterocycles. The average Bonchev–Trinajstić information content (AvgIpc) is 2.68. The van der Waals surface area contributed by atoms with Crippen LogP contribution in [0.4, 0.5) is 0 Å². The van der Waals surface area contributed by atoms with Crippen molar-refractivity contribution < 1.29 is 15.3 Å². The first kappa shape index (κ1) is 13.6. The van der Waals surface area contributed by atoms with E-state index in [1.54, 1.807) is 6.07 Å². The lowest BCUT2D eigenvalue weighted by Crippen LogP contribution is -2.46. The minimum absolute atomic E-state index is 0.116. The third-order valence-electron chi connectivity index (χ3n) is 6.65. The van der Waals surface area contributed by atoms with E-state index in [-0.39, 0.29) is 23.5 Å². The quantitative estimate of drug-likeness (QED) is 0.687. The van der Waals surface area contributed by atoms with Crippen LogP contribution in [-0.2, 0) is 6.42 Å². The number of fused-ring (bicyclic) bond motifs is 5. The monoisotopic (exact) mass is 288 g/mol. The van der Waals surface area contributed by atoms with Gasteiger partial charge in [0.15, 0.2) is 0 Å². The maximum atomic E-state index is 10.5. The molecule has 0 bridgehead atoms. The van der Waals surface area contributed by atoms with Gasteiger partial charge in [0.25, 0.3) is 0 Å². The molecular formula is C18H24O3. The Morgan fingerprint density at radius 1 is 1.19 bits per heavy atom. The second-order valence-corrected chi connectivity index (χ2v) is 7.58. The van der Waals surface area contributed by atoms with Gasteiger partial charge >= 0.3 is 0 Å². The normalized spacial score (nSPS) is 44.8. The molecule has 0 heterocycles. The van der Waals surface area contributed by atoms with Gasteiger partial charge in [-0.05, 0) is 72.1 Å². The number of aliphatic hydroxyl groups is 2. The molecule has 0 saturated heterocycles. The zero-order chi connectivity index (χ0) is 14.8. The summed E-state index contributed by atoms with van der Waals surface area (Å²) in [4.78, 5) is 0. The number of phenols is 1. The van der Waals surface area contributed by atoms with Crippen molar-refractivity contribution in [3.63, 3.8) is 0 Å². The van der Waals surface area contributed by atoms with Gasteiger partial charge in [0, 0.05) is 6.42 Å². The first-order chi connectivity index (χ1) is 10.0. The predicted molar refractivity (Wildman–Crippen MR) is 80.1 cm³/mol. The second-order valence-electron chi connectivity index (χ2n) is 7.58. The van der Waals surface area contributed by atoms with E-state index in [9.17, 15) is 15.3 Å². The first-order valence-electron chi connectivity index (χ1n) is 8.18. The number of benzene rings is 1. The maximum Gasteiger partial charge on any atom is 0.115 e. The molecule has 0 aliphatic heterocycles. The van der Waals surface area contributed by atoms with Crippen LogP contribution in [0.25, 0.3) is 0 Å². The topological polar surface area (TPSA) is 60.7 Å². The first-order valence-corrected chi connectivity index (χ1v) is 8.18. The van der Waals surface area contributed by atoms with E-state index in [2.05, 4.69) is 13.0 Å². The van der Waals surface area contributed by atoms with Crippen molar-refractivity contribution in [2.24, 2.45) is 17.3 Å². The van der Waals surface area contributed by atoms with Crippen LogP contribution in [0.5, 0.6) is 5.75 Å². The molecule has 0 amide bonds. The van der Waals surface area contributed by atoms with Gasteiger partial charge in [0.2, 0.25) is 0 Å². The summed E-state index contributed by atoms with van der Waals surface area (Å²) in [7, 11) is 0. The van der Waals surface area contributed by atoms with Crippen molar-refractivity contribution in [1.29, 1.82) is 0 Å². The van der Waals surface area contributed by atoms with Crippen LogP contribution in [0.1, 0.15) is 49.7 Å². The number of aromatic hydroxyl groups is 1. The molecule has 0 spiro atoms. The summed E-state index contributed by atoms with van der Waals surface area (Å²) >= 11 is 0. The van der Waals surface area contributed by atoms with Gasteiger partial charge in [0.1, 0.15) is 5.75 Å². The fourth-order valence-corrected chi connectivity index (χ4v) is 5.60. The van der Waals surface area contributed by atoms with Crippen LogP contribution in [0, 0.1) is 17.3 Å². The number of aryl methyl sites for hydroxylation is 1. The number of hydrogen-bond donors (Lipinski definition) is 3. The van der Waals surface area contributed by atoms with E-state index in [1.165, 1.54) is 11.1 Å². The van der Waals surface area contributed by atoms with Gasteiger partial charge in [-0.3, -0.25) is 0 Å². The number of hydrogen-bond acceptors (Lipinski definition) is 3. The molecule has 114 valence electrons. The third-order valence-corrected chi connectivity index (χ3v) is 6.65. The van der Waals surface area contributed by atoms with Crippen LogP contribution in [0.15, 0.2) is 18.2 Å². The molecule has 3 aliphatic carbocycles. The average molecular weight is 288 g/mol. The molecule has 2 fully saturated rings. The highest BCUT2D eigenvalue weighted by Gasteiger charge is 2.58. The summed E-state index contributed by atoms with van der Waals surface area (Å²) in [5.74, 6) is 1.51. The summed E-state index contributed by atoms with van der Waals surface area (Å²) in [6.45, 7) is 2.17. The van der Waals surface area contributed by atoms with Gasteiger partial charge < -0.3 is 15.3 Å². The predicted octanol–water partition coefficient (Wildman–Crippen LogP) is 2.58. The summed E-state index contributed by atoms with van der Waals surface area (Å²) < 4.78 is 0. The fourth-order valence-electron chi connectivity index (χ4n) is 5.60. The second kappa shape index (κ2) is 4.47. The highest BCUT2D eigenvalue weighted by molar-refractivity contribution is 5.40. The molecular weight excluding hydrogens is 264 g/mol. The summed E-state index contributed by atoms with van der Waals surface area (Å²) in [5.41, 5.74) is 2.52. The van der Waals surface area contributed by atoms with Crippen molar-refractivity contribution in [2.45, 2.75) is 57.2 Å². The number of rotatable bonds is 0. The summed E-state index contributed by atoms with van der Waals surface area (Å²) in [5, 5.41) is 30.6. The van der Waals surface area contributed by atoms with E-state index in [0.717, 1.165) is 25.7 Å². The van der Waals surface area contributed by atoms with E-state index in [1.807, 2.05) is 6.07 Å². The van der Waals surface area contributed by atoms with Gasteiger partial charge in [-0.2, -0.15) is 0 Å². The van der Waals surface area contributed by atoms with Crippen molar-refractivity contribution in [3.8, 4) is 5.75 Å². The molecule has 3 N–H and O–H groups in total. The van der Waals surface area contributed by atoms with Gasteiger partial charge in [-0.1, -0.05) is 13.0 Å². The Bertz CT molecular complexity index is 570. The van der Waals surface area contributed by atoms with Crippen LogP contribution in [0.2, 0.25) is 0 Å². The van der Waals surface area contributed by atoms with E-state index in [0.29, 0.717) is 24.0 Å². The summed E-state index contributed by atoms with van der Waals surface area (Å²) in [6, 6.07) is 5.76. The molecule has 4 rings (SSSR count). The van der Waals surface area contributed by atoms with Gasteiger partial charge in [0.05, 0.1) is 12.2 Å². The number of aliphatic hydroxyl groups excluding tert-OH is 2. The lowest BCUT2D eigenvalue weighted by Gasteiger charge is -2.50. The molecule has 3 nitrogen and oxygen atoms in total. The molecule has 6 atom stereocenters. The Labute approximate surface area is 125 Å². The lowest BCUT2D eigenvalue weighted by atomic mass is 9.55. The third kappa shape index (κ3) is 1.80. The SMILES string of the molecule is C[C@]12CCC3c4ccc(O)cc4CCC3C1C(O)CC2O. The molecule has 0 radical (unpaired) electrons. The van der Waals surface area contributed by atoms with Gasteiger partial charge in [-0.15, -0.1) is 0 Å². The van der Waals surface area contributed by atoms with Crippen LogP contribution in [0.3, 0.4) is 0 Å². The van der Waals surface area contributed by atoms with Crippen molar-refractivity contribution in [1.82, 2.24) is 0 Å². The van der Waals surface area contributed by atoms with Crippen LogP contribution < -0.4 is 0 Å². The molecule has 2 saturated carbocycles. The van der Waals surface area contributed by atoms with Crippen molar-refractivity contribution in [3.05, 3.63) is 29.3 Å². The highest BCUT2D eigenvalue weighted by Crippen LogP contribution is 2.60. The summed E-state index contributed by atoms with van der Waals surface area (Å²) in [6.07, 6.45) is 3.91. The van der Waals surface area contributed by atoms with Gasteiger partial charge in [-0.25, -0.2) is 0 Å². The Balaban J connectivity index is 1.73.